The van der Waals surface area contributed by atoms with E-state index >= 15 is 0 Å². The van der Waals surface area contributed by atoms with E-state index in [-0.39, 0.29) is 0 Å². The van der Waals surface area contributed by atoms with Crippen LogP contribution in [0.1, 0.15) is 42.7 Å². The quantitative estimate of drug-likeness (QED) is 0.0616. The lowest BCUT2D eigenvalue weighted by Crippen LogP contribution is -2.43. The summed E-state index contributed by atoms with van der Waals surface area (Å²) in [7, 11) is 4.50. The summed E-state index contributed by atoms with van der Waals surface area (Å²) in [6.45, 7) is 24.0. The van der Waals surface area contributed by atoms with Crippen molar-refractivity contribution in [2.24, 2.45) is 10.2 Å². The zero-order valence-electron chi connectivity index (χ0n) is 26.9. The first kappa shape index (κ1) is 36.3. The van der Waals surface area contributed by atoms with Crippen LogP contribution in [0.2, 0.25) is 0 Å². The highest BCUT2D eigenvalue weighted by molar-refractivity contribution is 7.17. The molecule has 0 spiro atoms. The molecule has 11 heteroatoms. The number of anilines is 1. The van der Waals surface area contributed by atoms with Gasteiger partial charge < -0.3 is 28.3 Å². The number of likely N-dealkylation sites (N-methyl/N-ethyl adjacent to an activating group) is 2. The molecule has 0 bridgehead atoms. The van der Waals surface area contributed by atoms with E-state index in [1.54, 1.807) is 6.92 Å². The van der Waals surface area contributed by atoms with E-state index in [4.69, 9.17) is 25.5 Å². The minimum Gasteiger partial charge on any atom is -0.377 e. The van der Waals surface area contributed by atoms with E-state index in [0.717, 1.165) is 47.7 Å². The maximum Gasteiger partial charge on any atom is 0.229 e. The Morgan fingerprint density at radius 2 is 1.56 bits per heavy atom. The fraction of sp³-hybridized carbons (Fsp3) is 0.625. The van der Waals surface area contributed by atoms with Crippen LogP contribution in [0.15, 0.2) is 28.4 Å². The van der Waals surface area contributed by atoms with Gasteiger partial charge in [-0.2, -0.15) is 15.5 Å². The third-order valence-electron chi connectivity index (χ3n) is 7.07. The number of benzene rings is 1. The van der Waals surface area contributed by atoms with Gasteiger partial charge in [0, 0.05) is 18.8 Å². The molecule has 1 aromatic heterocycles. The van der Waals surface area contributed by atoms with Crippen LogP contribution in [0, 0.1) is 31.8 Å². The molecule has 0 saturated heterocycles. The number of aryl methyl sites for hydroxylation is 1. The summed E-state index contributed by atoms with van der Waals surface area (Å²) < 4.78 is 23.7. The van der Waals surface area contributed by atoms with Crippen molar-refractivity contribution in [3.8, 4) is 6.07 Å². The first-order chi connectivity index (χ1) is 20.8. The van der Waals surface area contributed by atoms with Crippen LogP contribution in [0.3, 0.4) is 0 Å². The Balaban J connectivity index is 1.60. The van der Waals surface area contributed by atoms with Crippen molar-refractivity contribution in [3.63, 3.8) is 0 Å². The fourth-order valence-electron chi connectivity index (χ4n) is 4.26. The van der Waals surface area contributed by atoms with Gasteiger partial charge in [0.15, 0.2) is 0 Å². The number of unbranched alkanes of at least 4 members (excludes halogenated alkanes) is 1. The molecule has 0 unspecified atom stereocenters. The predicted octanol–water partition coefficient (Wildman–Crippen LogP) is 6.97. The highest BCUT2D eigenvalue weighted by Crippen LogP contribution is 2.42. The van der Waals surface area contributed by atoms with Crippen molar-refractivity contribution in [1.29, 1.82) is 5.26 Å². The largest absolute Gasteiger partial charge is 0.377 e. The Kier molecular flexibility index (Phi) is 17.0. The van der Waals surface area contributed by atoms with Gasteiger partial charge in [-0.25, -0.2) is 4.85 Å². The van der Waals surface area contributed by atoms with E-state index < -0.39 is 0 Å². The minimum atomic E-state index is 0.392. The second kappa shape index (κ2) is 20.1. The summed E-state index contributed by atoms with van der Waals surface area (Å²) in [5.41, 5.74) is 3.84. The van der Waals surface area contributed by atoms with Crippen LogP contribution >= 0.6 is 11.3 Å². The Morgan fingerprint density at radius 1 is 0.930 bits per heavy atom. The molecule has 1 aromatic carbocycles. The van der Waals surface area contributed by atoms with Crippen molar-refractivity contribution in [3.05, 3.63) is 45.6 Å². The third-order valence-corrected chi connectivity index (χ3v) is 8.14. The first-order valence-corrected chi connectivity index (χ1v) is 15.9. The number of azo groups is 1. The summed E-state index contributed by atoms with van der Waals surface area (Å²) in [5, 5.41) is 18.4. The first-order valence-electron chi connectivity index (χ1n) is 15.1. The number of ether oxygens (including phenoxy) is 4. The maximum absolute atomic E-state index is 9.25. The van der Waals surface area contributed by atoms with Crippen LogP contribution in [0.4, 0.5) is 22.1 Å². The van der Waals surface area contributed by atoms with E-state index in [0.29, 0.717) is 67.4 Å². The molecule has 10 nitrogen and oxygen atoms in total. The van der Waals surface area contributed by atoms with Crippen molar-refractivity contribution in [1.82, 2.24) is 0 Å². The summed E-state index contributed by atoms with van der Waals surface area (Å²) in [6, 6.07) is 8.14. The van der Waals surface area contributed by atoms with Gasteiger partial charge in [-0.15, -0.1) is 11.3 Å². The lowest BCUT2D eigenvalue weighted by Gasteiger charge is -2.29. The molecule has 0 N–H and O–H groups in total. The number of nitrogens with zero attached hydrogens (tertiary/aromatic N) is 6. The van der Waals surface area contributed by atoms with E-state index in [1.807, 2.05) is 19.1 Å². The second-order valence-electron chi connectivity index (χ2n) is 10.9. The van der Waals surface area contributed by atoms with Gasteiger partial charge in [0.2, 0.25) is 5.69 Å². The lowest BCUT2D eigenvalue weighted by atomic mass is 10.1. The molecule has 0 aliphatic carbocycles. The van der Waals surface area contributed by atoms with Crippen LogP contribution in [-0.2, 0) is 18.9 Å². The normalized spacial score (nSPS) is 11.6. The van der Waals surface area contributed by atoms with E-state index in [1.165, 1.54) is 30.7 Å². The Morgan fingerprint density at radius 3 is 2.12 bits per heavy atom. The van der Waals surface area contributed by atoms with Crippen LogP contribution in [0.25, 0.3) is 4.85 Å². The maximum atomic E-state index is 9.25. The molecule has 0 amide bonds. The Bertz CT molecular complexity index is 1220. The standard InChI is InChI=1S/C32H49N6O4S/c1-8-10-14-38(6,7)15-17-40-19-21-42-23-22-41-20-18-39-16-13-37(9-2)28-11-12-29(26(3)24-28)35-36-32-31(34-5)27(4)30(25-33)43-32/h11-12,24H,8-10,13-23H2,1-4,6-7H3/q+1. The molecule has 43 heavy (non-hydrogen) atoms. The van der Waals surface area contributed by atoms with Gasteiger partial charge in [0.25, 0.3) is 0 Å². The van der Waals surface area contributed by atoms with Crippen LogP contribution < -0.4 is 4.90 Å². The zero-order chi connectivity index (χ0) is 31.5. The molecule has 0 saturated carbocycles. The van der Waals surface area contributed by atoms with Gasteiger partial charge >= 0.3 is 0 Å². The average Bonchev–Trinajstić information content (AvgIpc) is 3.31. The van der Waals surface area contributed by atoms with Crippen LogP contribution in [-0.4, -0.2) is 97.6 Å². The molecular weight excluding hydrogens is 564 g/mol. The number of thiophene rings is 1. The highest BCUT2D eigenvalue weighted by atomic mass is 32.1. The fourth-order valence-corrected chi connectivity index (χ4v) is 5.13. The molecule has 0 aliphatic rings. The smallest absolute Gasteiger partial charge is 0.229 e. The Labute approximate surface area is 262 Å². The molecule has 2 rings (SSSR count). The highest BCUT2D eigenvalue weighted by Gasteiger charge is 2.15. The van der Waals surface area contributed by atoms with Gasteiger partial charge in [-0.05, 0) is 56.5 Å². The number of rotatable bonds is 22. The summed E-state index contributed by atoms with van der Waals surface area (Å²) in [5.74, 6) is 0. The topological polar surface area (TPSA) is 93.0 Å². The molecule has 236 valence electrons. The number of hydrogen-bond donors (Lipinski definition) is 0. The van der Waals surface area contributed by atoms with Gasteiger partial charge in [-0.3, -0.25) is 0 Å². The van der Waals surface area contributed by atoms with Crippen molar-refractivity contribution in [2.45, 2.75) is 40.5 Å². The van der Waals surface area contributed by atoms with Gasteiger partial charge in [0.1, 0.15) is 17.6 Å². The van der Waals surface area contributed by atoms with Crippen molar-refractivity contribution < 1.29 is 23.4 Å². The number of nitriles is 1. The zero-order valence-corrected chi connectivity index (χ0v) is 27.7. The monoisotopic (exact) mass is 613 g/mol. The predicted molar refractivity (Wildman–Crippen MR) is 173 cm³/mol. The average molecular weight is 614 g/mol. The van der Waals surface area contributed by atoms with Gasteiger partial charge in [0.05, 0.1) is 90.6 Å². The lowest BCUT2D eigenvalue weighted by molar-refractivity contribution is -0.890. The SMILES string of the molecule is [C-]#[N+]c1c(N=Nc2ccc(N(CC)CCOCCOCCOCCOCC[N+](C)(C)CCCC)cc2C)sc(C#N)c1C. The second-order valence-corrected chi connectivity index (χ2v) is 11.9. The molecule has 2 aromatic rings. The van der Waals surface area contributed by atoms with E-state index in [2.05, 4.69) is 60.1 Å². The summed E-state index contributed by atoms with van der Waals surface area (Å²) in [4.78, 5) is 6.27. The van der Waals surface area contributed by atoms with Crippen LogP contribution in [0.5, 0.6) is 0 Å². The summed E-state index contributed by atoms with van der Waals surface area (Å²) >= 11 is 1.19. The number of quaternary nitrogens is 1. The molecule has 0 aliphatic heterocycles. The van der Waals surface area contributed by atoms with E-state index in [9.17, 15) is 5.26 Å². The third kappa shape index (κ3) is 13.1. The molecule has 0 atom stereocenters. The van der Waals surface area contributed by atoms with Crippen molar-refractivity contribution >= 4 is 33.4 Å². The Hall–Kier alpha value is -2.90. The molecule has 0 fully saturated rings. The van der Waals surface area contributed by atoms with Gasteiger partial charge in [-0.1, -0.05) is 13.3 Å². The minimum absolute atomic E-state index is 0.392. The van der Waals surface area contributed by atoms with Crippen molar-refractivity contribution in [2.75, 3.05) is 98.0 Å². The number of hydrogen-bond acceptors (Lipinski definition) is 9. The molecular formula is C32H49N6O4S+. The molecule has 0 radical (unpaired) electrons. The summed E-state index contributed by atoms with van der Waals surface area (Å²) in [6.07, 6.45) is 2.48. The molecule has 1 heterocycles.